The summed E-state index contributed by atoms with van der Waals surface area (Å²) in [7, 11) is 0. The van der Waals surface area contributed by atoms with Gasteiger partial charge in [-0.1, -0.05) is 29.8 Å². The molecule has 2 N–H and O–H groups in total. The third-order valence-corrected chi connectivity index (χ3v) is 3.78. The fraction of sp³-hybridized carbons (Fsp3) is 0.0588. The Labute approximate surface area is 145 Å². The van der Waals surface area contributed by atoms with Gasteiger partial charge >= 0.3 is 5.97 Å². The molecule has 0 unspecified atom stereocenters. The Balaban J connectivity index is 1.65. The molecule has 0 spiro atoms. The van der Waals surface area contributed by atoms with Crippen molar-refractivity contribution in [1.29, 1.82) is 0 Å². The molecule has 2 aromatic carbocycles. The maximum Gasteiger partial charge on any atom is 0.356 e. The quantitative estimate of drug-likeness (QED) is 0.690. The minimum atomic E-state index is -0.932. The van der Waals surface area contributed by atoms with E-state index in [-0.39, 0.29) is 16.4 Å². The number of amides is 1. The Morgan fingerprint density at radius 1 is 1.16 bits per heavy atom. The summed E-state index contributed by atoms with van der Waals surface area (Å²) < 4.78 is 31.1. The van der Waals surface area contributed by atoms with E-state index in [0.717, 1.165) is 12.1 Å². The Morgan fingerprint density at radius 2 is 1.92 bits per heavy atom. The topological polar surface area (TPSA) is 71.2 Å². The summed E-state index contributed by atoms with van der Waals surface area (Å²) >= 11 is 6.11. The molecular weight excluding hydrogens is 354 g/mol. The number of aromatic nitrogens is 1. The highest BCUT2D eigenvalue weighted by atomic mass is 35.5. The van der Waals surface area contributed by atoms with Crippen LogP contribution < -0.4 is 5.32 Å². The van der Waals surface area contributed by atoms with Crippen LogP contribution in [0.4, 0.5) is 14.5 Å². The average Bonchev–Trinajstić information content (AvgIpc) is 2.93. The molecule has 0 saturated carbocycles. The number of rotatable bonds is 4. The van der Waals surface area contributed by atoms with Crippen molar-refractivity contribution >= 4 is 40.1 Å². The Bertz CT molecular complexity index is 972. The number of fused-ring (bicyclic) bond motifs is 1. The minimum Gasteiger partial charge on any atom is -0.451 e. The summed E-state index contributed by atoms with van der Waals surface area (Å²) in [5, 5.41) is 3.02. The predicted octanol–water partition coefficient (Wildman–Crippen LogP) is 3.90. The summed E-state index contributed by atoms with van der Waals surface area (Å²) in [4.78, 5) is 26.6. The van der Waals surface area contributed by atoms with Crippen LogP contribution >= 0.6 is 11.6 Å². The van der Waals surface area contributed by atoms with Crippen molar-refractivity contribution in [2.24, 2.45) is 0 Å². The normalized spacial score (nSPS) is 10.7. The number of aromatic amines is 1. The molecule has 1 amide bonds. The average molecular weight is 365 g/mol. The molecule has 0 aliphatic heterocycles. The van der Waals surface area contributed by atoms with E-state index < -0.39 is 30.1 Å². The molecule has 0 aliphatic rings. The van der Waals surface area contributed by atoms with Crippen molar-refractivity contribution in [3.05, 3.63) is 64.8 Å². The van der Waals surface area contributed by atoms with Gasteiger partial charge in [-0.2, -0.15) is 0 Å². The molecule has 0 bridgehead atoms. The predicted molar refractivity (Wildman–Crippen MR) is 88.6 cm³/mol. The first-order valence-corrected chi connectivity index (χ1v) is 7.51. The van der Waals surface area contributed by atoms with E-state index >= 15 is 0 Å². The van der Waals surface area contributed by atoms with E-state index in [0.29, 0.717) is 17.0 Å². The highest BCUT2D eigenvalue weighted by Gasteiger charge is 2.19. The molecule has 128 valence electrons. The van der Waals surface area contributed by atoms with Crippen LogP contribution in [0.15, 0.2) is 42.5 Å². The van der Waals surface area contributed by atoms with Gasteiger partial charge in [-0.25, -0.2) is 13.6 Å². The molecule has 3 rings (SSSR count). The van der Waals surface area contributed by atoms with Gasteiger partial charge in [0.1, 0.15) is 17.3 Å². The summed E-state index contributed by atoms with van der Waals surface area (Å²) in [6.45, 7) is -0.651. The Hall–Kier alpha value is -2.93. The number of H-pyrrole nitrogens is 1. The summed E-state index contributed by atoms with van der Waals surface area (Å²) in [5.74, 6) is -3.30. The van der Waals surface area contributed by atoms with Crippen molar-refractivity contribution in [3.63, 3.8) is 0 Å². The largest absolute Gasteiger partial charge is 0.451 e. The number of benzene rings is 2. The van der Waals surface area contributed by atoms with E-state index in [1.165, 1.54) is 0 Å². The van der Waals surface area contributed by atoms with Gasteiger partial charge in [-0.3, -0.25) is 4.79 Å². The number of carbonyl (C=O) groups excluding carboxylic acids is 2. The third-order valence-electron chi connectivity index (χ3n) is 3.39. The lowest BCUT2D eigenvalue weighted by Crippen LogP contribution is -2.21. The van der Waals surface area contributed by atoms with E-state index in [9.17, 15) is 18.4 Å². The number of hydrogen-bond acceptors (Lipinski definition) is 3. The van der Waals surface area contributed by atoms with Crippen molar-refractivity contribution in [2.45, 2.75) is 0 Å². The molecule has 0 aliphatic carbocycles. The smallest absolute Gasteiger partial charge is 0.356 e. The molecule has 25 heavy (non-hydrogen) atoms. The molecule has 1 aromatic heterocycles. The molecular formula is C17H11ClF2N2O3. The number of ether oxygens (including phenoxy) is 1. The second-order valence-corrected chi connectivity index (χ2v) is 5.49. The van der Waals surface area contributed by atoms with E-state index in [4.69, 9.17) is 16.3 Å². The minimum absolute atomic E-state index is 0.0172. The lowest BCUT2D eigenvalue weighted by molar-refractivity contribution is -0.119. The number of hydrogen-bond donors (Lipinski definition) is 2. The van der Waals surface area contributed by atoms with E-state index in [1.54, 1.807) is 24.3 Å². The number of carbonyl (C=O) groups is 2. The van der Waals surface area contributed by atoms with Crippen LogP contribution in [0.1, 0.15) is 10.5 Å². The zero-order valence-corrected chi connectivity index (χ0v) is 13.4. The molecule has 3 aromatic rings. The van der Waals surface area contributed by atoms with Crippen molar-refractivity contribution < 1.29 is 23.1 Å². The maximum atomic E-state index is 13.5. The third kappa shape index (κ3) is 3.61. The van der Waals surface area contributed by atoms with Crippen LogP contribution in [-0.2, 0) is 9.53 Å². The van der Waals surface area contributed by atoms with Gasteiger partial charge in [0.15, 0.2) is 6.61 Å². The summed E-state index contributed by atoms with van der Waals surface area (Å²) in [6, 6.07) is 9.70. The zero-order chi connectivity index (χ0) is 18.0. The molecule has 0 saturated heterocycles. The molecule has 0 radical (unpaired) electrons. The van der Waals surface area contributed by atoms with Crippen LogP contribution in [0.5, 0.6) is 0 Å². The zero-order valence-electron chi connectivity index (χ0n) is 12.6. The second-order valence-electron chi connectivity index (χ2n) is 5.11. The van der Waals surface area contributed by atoms with Crippen molar-refractivity contribution in [3.8, 4) is 0 Å². The van der Waals surface area contributed by atoms with E-state index in [2.05, 4.69) is 10.3 Å². The molecule has 0 fully saturated rings. The van der Waals surface area contributed by atoms with Crippen LogP contribution in [0.3, 0.4) is 0 Å². The summed E-state index contributed by atoms with van der Waals surface area (Å²) in [6.07, 6.45) is 0. The molecule has 8 heteroatoms. The number of nitrogens with one attached hydrogen (secondary N) is 2. The van der Waals surface area contributed by atoms with Gasteiger partial charge in [0, 0.05) is 17.0 Å². The van der Waals surface area contributed by atoms with Crippen LogP contribution in [-0.4, -0.2) is 23.5 Å². The van der Waals surface area contributed by atoms with Gasteiger partial charge < -0.3 is 15.0 Å². The Kier molecular flexibility index (Phi) is 4.67. The lowest BCUT2D eigenvalue weighted by Gasteiger charge is -2.07. The van der Waals surface area contributed by atoms with Crippen LogP contribution in [0.2, 0.25) is 5.02 Å². The highest BCUT2D eigenvalue weighted by Crippen LogP contribution is 2.27. The number of anilines is 1. The monoisotopic (exact) mass is 364 g/mol. The molecule has 1 heterocycles. The van der Waals surface area contributed by atoms with Crippen molar-refractivity contribution in [2.75, 3.05) is 11.9 Å². The van der Waals surface area contributed by atoms with Gasteiger partial charge in [-0.05, 0) is 18.2 Å². The first-order valence-electron chi connectivity index (χ1n) is 7.14. The van der Waals surface area contributed by atoms with Gasteiger partial charge in [-0.15, -0.1) is 0 Å². The van der Waals surface area contributed by atoms with Gasteiger partial charge in [0.2, 0.25) is 0 Å². The Morgan fingerprint density at radius 3 is 2.64 bits per heavy atom. The van der Waals surface area contributed by atoms with Crippen molar-refractivity contribution in [1.82, 2.24) is 4.98 Å². The highest BCUT2D eigenvalue weighted by molar-refractivity contribution is 6.38. The van der Waals surface area contributed by atoms with Gasteiger partial charge in [0.25, 0.3) is 5.91 Å². The fourth-order valence-electron chi connectivity index (χ4n) is 2.23. The molecule has 0 atom stereocenters. The van der Waals surface area contributed by atoms with Crippen LogP contribution in [0, 0.1) is 11.6 Å². The second kappa shape index (κ2) is 6.90. The maximum absolute atomic E-state index is 13.5. The first kappa shape index (κ1) is 16.9. The molecule has 5 nitrogen and oxygen atoms in total. The number of halogens is 3. The van der Waals surface area contributed by atoms with Crippen LogP contribution in [0.25, 0.3) is 10.9 Å². The van der Waals surface area contributed by atoms with Gasteiger partial charge in [0.05, 0.1) is 10.7 Å². The standard InChI is InChI=1S/C17H11ClF2N2O3/c18-15-10-3-1-2-4-12(10)22-16(15)17(24)25-8-14(23)21-13-6-5-9(19)7-11(13)20/h1-7,22H,8H2,(H,21,23). The SMILES string of the molecule is O=C(COC(=O)c1[nH]c2ccccc2c1Cl)Nc1ccc(F)cc1F. The number of para-hydroxylation sites is 1. The van der Waals surface area contributed by atoms with E-state index in [1.807, 2.05) is 0 Å². The lowest BCUT2D eigenvalue weighted by atomic mass is 10.2. The fourth-order valence-corrected chi connectivity index (χ4v) is 2.52. The first-order chi connectivity index (χ1) is 12.0. The summed E-state index contributed by atoms with van der Waals surface area (Å²) in [5.41, 5.74) is 0.451. The number of esters is 1.